The molecule has 20 heavy (non-hydrogen) atoms. The van der Waals surface area contributed by atoms with Crippen LogP contribution in [0, 0.1) is 0 Å². The number of hydrogen-bond donors (Lipinski definition) is 1. The zero-order valence-corrected chi connectivity index (χ0v) is 12.4. The molecule has 0 aromatic carbocycles. The molecule has 2 aliphatic rings. The molecule has 0 spiro atoms. The third-order valence-electron chi connectivity index (χ3n) is 4.44. The summed E-state index contributed by atoms with van der Waals surface area (Å²) in [6.07, 6.45) is 4.39. The highest BCUT2D eigenvalue weighted by atomic mass is 32.1. The van der Waals surface area contributed by atoms with Crippen LogP contribution in [0.25, 0.3) is 4.96 Å². The standard InChI is InChI=1S/C13H19N5OS/c1-13(5-2-6-14-13)11-17-18-10(15-16-12(18)20-11)9-3-7-19-8-4-9/h9,14H,2-8H2,1H3. The van der Waals surface area contributed by atoms with Crippen molar-refractivity contribution < 1.29 is 4.74 Å². The van der Waals surface area contributed by atoms with Crippen molar-refractivity contribution in [3.05, 3.63) is 10.8 Å². The van der Waals surface area contributed by atoms with Crippen molar-refractivity contribution >= 4 is 16.3 Å². The summed E-state index contributed by atoms with van der Waals surface area (Å²) in [4.78, 5) is 0.913. The van der Waals surface area contributed by atoms with Gasteiger partial charge in [-0.2, -0.15) is 9.61 Å². The van der Waals surface area contributed by atoms with E-state index < -0.39 is 0 Å². The molecule has 0 aliphatic carbocycles. The summed E-state index contributed by atoms with van der Waals surface area (Å²) in [5, 5.41) is 18.2. The summed E-state index contributed by atoms with van der Waals surface area (Å²) in [7, 11) is 0. The van der Waals surface area contributed by atoms with E-state index in [9.17, 15) is 0 Å². The molecule has 7 heteroatoms. The molecule has 0 amide bonds. The number of aromatic nitrogens is 4. The average molecular weight is 293 g/mol. The largest absolute Gasteiger partial charge is 0.381 e. The normalized spacial score (nSPS) is 28.4. The van der Waals surface area contributed by atoms with Crippen LogP contribution in [-0.2, 0) is 10.3 Å². The fourth-order valence-electron chi connectivity index (χ4n) is 3.14. The molecular weight excluding hydrogens is 274 g/mol. The zero-order valence-electron chi connectivity index (χ0n) is 11.6. The number of fused-ring (bicyclic) bond motifs is 1. The van der Waals surface area contributed by atoms with Crippen LogP contribution in [0.15, 0.2) is 0 Å². The van der Waals surface area contributed by atoms with Crippen LogP contribution in [-0.4, -0.2) is 39.6 Å². The van der Waals surface area contributed by atoms with Gasteiger partial charge in [0.05, 0.1) is 5.54 Å². The summed E-state index contributed by atoms with van der Waals surface area (Å²) in [5.41, 5.74) is 0.0122. The topological polar surface area (TPSA) is 64.3 Å². The first-order valence-electron chi connectivity index (χ1n) is 7.32. The van der Waals surface area contributed by atoms with Crippen molar-refractivity contribution in [3.8, 4) is 0 Å². The van der Waals surface area contributed by atoms with E-state index in [1.165, 1.54) is 6.42 Å². The van der Waals surface area contributed by atoms with Gasteiger partial charge in [0, 0.05) is 19.1 Å². The predicted octanol–water partition coefficient (Wildman–Crippen LogP) is 1.68. The Bertz CT molecular complexity index is 609. The maximum atomic E-state index is 5.43. The van der Waals surface area contributed by atoms with Crippen LogP contribution < -0.4 is 5.32 Å². The van der Waals surface area contributed by atoms with Crippen molar-refractivity contribution in [2.75, 3.05) is 19.8 Å². The maximum absolute atomic E-state index is 5.43. The number of nitrogens with zero attached hydrogens (tertiary/aromatic N) is 4. The van der Waals surface area contributed by atoms with Crippen molar-refractivity contribution in [2.24, 2.45) is 0 Å². The molecule has 0 bridgehead atoms. The van der Waals surface area contributed by atoms with E-state index in [2.05, 4.69) is 22.4 Å². The van der Waals surface area contributed by atoms with Crippen molar-refractivity contribution in [1.29, 1.82) is 0 Å². The number of hydrogen-bond acceptors (Lipinski definition) is 6. The summed E-state index contributed by atoms with van der Waals surface area (Å²) >= 11 is 1.66. The van der Waals surface area contributed by atoms with E-state index in [-0.39, 0.29) is 5.54 Å². The second-order valence-electron chi connectivity index (χ2n) is 5.91. The van der Waals surface area contributed by atoms with Crippen LogP contribution in [0.3, 0.4) is 0 Å². The Morgan fingerprint density at radius 1 is 1.35 bits per heavy atom. The number of nitrogens with one attached hydrogen (secondary N) is 1. The van der Waals surface area contributed by atoms with Gasteiger partial charge in [-0.15, -0.1) is 10.2 Å². The minimum Gasteiger partial charge on any atom is -0.381 e. The van der Waals surface area contributed by atoms with Crippen LogP contribution in [0.1, 0.15) is 49.4 Å². The first kappa shape index (κ1) is 12.7. The fraction of sp³-hybridized carbons (Fsp3) is 0.769. The lowest BCUT2D eigenvalue weighted by Crippen LogP contribution is -2.33. The van der Waals surface area contributed by atoms with Crippen molar-refractivity contribution in [3.63, 3.8) is 0 Å². The van der Waals surface area contributed by atoms with Crippen LogP contribution >= 0.6 is 11.3 Å². The quantitative estimate of drug-likeness (QED) is 0.912. The third kappa shape index (κ3) is 1.96. The number of rotatable bonds is 2. The molecule has 2 aromatic rings. The van der Waals surface area contributed by atoms with Gasteiger partial charge in [-0.25, -0.2) is 0 Å². The molecule has 2 fully saturated rings. The Balaban J connectivity index is 1.71. The lowest BCUT2D eigenvalue weighted by molar-refractivity contribution is 0.0831. The summed E-state index contributed by atoms with van der Waals surface area (Å²) < 4.78 is 7.39. The SMILES string of the molecule is CC1(c2nn3c(C4CCOCC4)nnc3s2)CCCN1. The molecule has 1 N–H and O–H groups in total. The number of ether oxygens (including phenoxy) is 1. The molecule has 0 saturated carbocycles. The second kappa shape index (κ2) is 4.75. The Morgan fingerprint density at radius 2 is 2.20 bits per heavy atom. The lowest BCUT2D eigenvalue weighted by Gasteiger charge is -2.21. The minimum absolute atomic E-state index is 0.0122. The Hall–Kier alpha value is -1.05. The lowest BCUT2D eigenvalue weighted by atomic mass is 10.00. The fourth-order valence-corrected chi connectivity index (χ4v) is 4.14. The first-order valence-corrected chi connectivity index (χ1v) is 8.13. The molecule has 1 atom stereocenters. The van der Waals surface area contributed by atoms with Crippen LogP contribution in [0.5, 0.6) is 0 Å². The molecule has 2 aliphatic heterocycles. The second-order valence-corrected chi connectivity index (χ2v) is 6.86. The molecule has 108 valence electrons. The molecule has 2 saturated heterocycles. The Kier molecular flexibility index (Phi) is 3.01. The average Bonchev–Trinajstić information content (AvgIpc) is 3.14. The molecule has 4 rings (SSSR count). The molecule has 1 unspecified atom stereocenters. The van der Waals surface area contributed by atoms with E-state index in [0.29, 0.717) is 5.92 Å². The first-order chi connectivity index (χ1) is 9.76. The van der Waals surface area contributed by atoms with Gasteiger partial charge in [0.2, 0.25) is 4.96 Å². The van der Waals surface area contributed by atoms with Gasteiger partial charge in [-0.05, 0) is 39.2 Å². The predicted molar refractivity (Wildman–Crippen MR) is 76.0 cm³/mol. The van der Waals surface area contributed by atoms with Gasteiger partial charge in [0.25, 0.3) is 0 Å². The van der Waals surface area contributed by atoms with Crippen LogP contribution in [0.2, 0.25) is 0 Å². The minimum atomic E-state index is 0.0122. The van der Waals surface area contributed by atoms with Gasteiger partial charge in [-0.1, -0.05) is 11.3 Å². The molecule has 4 heterocycles. The van der Waals surface area contributed by atoms with Crippen LogP contribution in [0.4, 0.5) is 0 Å². The van der Waals surface area contributed by atoms with Crippen molar-refractivity contribution in [1.82, 2.24) is 25.1 Å². The van der Waals surface area contributed by atoms with Gasteiger partial charge in [-0.3, -0.25) is 0 Å². The molecular formula is C13H19N5OS. The Labute approximate surface area is 121 Å². The highest BCUT2D eigenvalue weighted by Crippen LogP contribution is 2.34. The highest BCUT2D eigenvalue weighted by Gasteiger charge is 2.34. The Morgan fingerprint density at radius 3 is 2.95 bits per heavy atom. The van der Waals surface area contributed by atoms with Gasteiger partial charge in [0.15, 0.2) is 5.82 Å². The van der Waals surface area contributed by atoms with E-state index in [1.54, 1.807) is 11.3 Å². The molecule has 0 radical (unpaired) electrons. The summed E-state index contributed by atoms with van der Waals surface area (Å²) in [5.74, 6) is 1.44. The van der Waals surface area contributed by atoms with E-state index in [1.807, 2.05) is 4.52 Å². The zero-order chi connectivity index (χ0) is 13.6. The molecule has 2 aromatic heterocycles. The summed E-state index contributed by atoms with van der Waals surface area (Å²) in [6.45, 7) is 4.94. The van der Waals surface area contributed by atoms with Crippen molar-refractivity contribution in [2.45, 2.75) is 44.1 Å². The van der Waals surface area contributed by atoms with Gasteiger partial charge < -0.3 is 10.1 Å². The van der Waals surface area contributed by atoms with E-state index >= 15 is 0 Å². The smallest absolute Gasteiger partial charge is 0.234 e. The van der Waals surface area contributed by atoms with Gasteiger partial charge in [0.1, 0.15) is 5.01 Å². The van der Waals surface area contributed by atoms with E-state index in [0.717, 1.165) is 54.8 Å². The monoisotopic (exact) mass is 293 g/mol. The van der Waals surface area contributed by atoms with Gasteiger partial charge >= 0.3 is 0 Å². The third-order valence-corrected chi connectivity index (χ3v) is 5.60. The van der Waals surface area contributed by atoms with E-state index in [4.69, 9.17) is 9.84 Å². The summed E-state index contributed by atoms with van der Waals surface area (Å²) in [6, 6.07) is 0. The molecule has 6 nitrogen and oxygen atoms in total. The maximum Gasteiger partial charge on any atom is 0.234 e. The highest BCUT2D eigenvalue weighted by molar-refractivity contribution is 7.16.